The van der Waals surface area contributed by atoms with Gasteiger partial charge in [-0.05, 0) is 35.7 Å². The third kappa shape index (κ3) is 4.46. The van der Waals surface area contributed by atoms with Crippen LogP contribution < -0.4 is 15.2 Å². The van der Waals surface area contributed by atoms with Gasteiger partial charge < -0.3 is 19.0 Å². The molecule has 4 aromatic rings. The molecule has 0 spiro atoms. The smallest absolute Gasteiger partial charge is 0.259 e. The van der Waals surface area contributed by atoms with E-state index in [9.17, 15) is 4.79 Å². The molecule has 1 N–H and O–H groups in total. The molecule has 5 rings (SSSR count). The van der Waals surface area contributed by atoms with Crippen molar-refractivity contribution in [1.29, 1.82) is 0 Å². The van der Waals surface area contributed by atoms with Crippen molar-refractivity contribution in [2.75, 3.05) is 18.0 Å². The number of rotatable bonds is 6. The Morgan fingerprint density at radius 1 is 1.18 bits per heavy atom. The topological polar surface area (TPSA) is 97.1 Å². The summed E-state index contributed by atoms with van der Waals surface area (Å²) in [6.07, 6.45) is 9.22. The van der Waals surface area contributed by atoms with Gasteiger partial charge in [0, 0.05) is 51.4 Å². The molecule has 0 saturated carbocycles. The van der Waals surface area contributed by atoms with Crippen LogP contribution in [0.25, 0.3) is 22.2 Å². The minimum Gasteiger partial charge on any atom is -0.489 e. The molecular weight excluding hydrogens is 418 g/mol. The highest BCUT2D eigenvalue weighted by Crippen LogP contribution is 2.31. The molecule has 0 aliphatic carbocycles. The van der Waals surface area contributed by atoms with E-state index in [-0.39, 0.29) is 11.7 Å². The number of ether oxygens (including phenoxy) is 1. The Balaban J connectivity index is 1.31. The average Bonchev–Trinajstić information content (AvgIpc) is 3.20. The van der Waals surface area contributed by atoms with E-state index >= 15 is 0 Å². The largest absolute Gasteiger partial charge is 0.489 e. The quantitative estimate of drug-likeness (QED) is 0.473. The minimum atomic E-state index is -0.190. The summed E-state index contributed by atoms with van der Waals surface area (Å²) < 4.78 is 11.9. The molecule has 1 aliphatic rings. The maximum atomic E-state index is 12.7. The highest BCUT2D eigenvalue weighted by molar-refractivity contribution is 5.82. The van der Waals surface area contributed by atoms with Gasteiger partial charge in [0.05, 0.1) is 5.56 Å². The van der Waals surface area contributed by atoms with Gasteiger partial charge in [-0.15, -0.1) is 0 Å². The van der Waals surface area contributed by atoms with E-state index in [1.165, 1.54) is 5.56 Å². The third-order valence-corrected chi connectivity index (χ3v) is 5.95. The lowest BCUT2D eigenvalue weighted by Gasteiger charge is -2.32. The first kappa shape index (κ1) is 21.2. The third-order valence-electron chi connectivity index (χ3n) is 5.95. The van der Waals surface area contributed by atoms with Gasteiger partial charge in [0.25, 0.3) is 5.56 Å². The lowest BCUT2D eigenvalue weighted by atomic mass is 10.0. The number of nitrogens with one attached hydrogen (secondary N) is 1. The predicted molar refractivity (Wildman–Crippen MR) is 127 cm³/mol. The highest BCUT2D eigenvalue weighted by Gasteiger charge is 2.24. The van der Waals surface area contributed by atoms with E-state index in [4.69, 9.17) is 9.15 Å². The monoisotopic (exact) mass is 445 g/mol. The number of hydrogen-bond donors (Lipinski definition) is 1. The van der Waals surface area contributed by atoms with Crippen LogP contribution in [0.4, 0.5) is 5.95 Å². The van der Waals surface area contributed by atoms with Gasteiger partial charge in [0.2, 0.25) is 5.95 Å². The minimum absolute atomic E-state index is 0.0131. The van der Waals surface area contributed by atoms with Crippen LogP contribution in [0.15, 0.2) is 52.1 Å². The SMILES string of the molecule is CCCc1cnc(N2CCC(Oc3cc[nH]c(=O)c3-c3ccc4oc(C)nc4c3)CC2)nc1. The summed E-state index contributed by atoms with van der Waals surface area (Å²) in [5.74, 6) is 1.94. The number of oxazole rings is 1. The van der Waals surface area contributed by atoms with Gasteiger partial charge in [-0.3, -0.25) is 4.79 Å². The zero-order valence-corrected chi connectivity index (χ0v) is 18.9. The Morgan fingerprint density at radius 2 is 1.97 bits per heavy atom. The number of fused-ring (bicyclic) bond motifs is 1. The van der Waals surface area contributed by atoms with E-state index in [0.717, 1.165) is 55.8 Å². The molecule has 0 amide bonds. The van der Waals surface area contributed by atoms with Gasteiger partial charge in [-0.25, -0.2) is 15.0 Å². The fraction of sp³-hybridized carbons (Fsp3) is 0.360. The number of aromatic nitrogens is 4. The lowest BCUT2D eigenvalue weighted by molar-refractivity contribution is 0.171. The average molecular weight is 446 g/mol. The van der Waals surface area contributed by atoms with Crippen molar-refractivity contribution in [2.45, 2.75) is 45.6 Å². The number of nitrogens with zero attached hydrogens (tertiary/aromatic N) is 4. The molecule has 4 heterocycles. The van der Waals surface area contributed by atoms with Crippen LogP contribution in [0.5, 0.6) is 5.75 Å². The molecule has 0 atom stereocenters. The van der Waals surface area contributed by atoms with Crippen LogP contribution in [0.3, 0.4) is 0 Å². The Labute approximate surface area is 191 Å². The van der Waals surface area contributed by atoms with Gasteiger partial charge in [0.1, 0.15) is 17.4 Å². The molecule has 33 heavy (non-hydrogen) atoms. The fourth-order valence-corrected chi connectivity index (χ4v) is 4.31. The van der Waals surface area contributed by atoms with E-state index in [0.29, 0.717) is 22.8 Å². The number of pyridine rings is 1. The molecule has 0 unspecified atom stereocenters. The van der Waals surface area contributed by atoms with Crippen LogP contribution in [0.2, 0.25) is 0 Å². The first-order valence-corrected chi connectivity index (χ1v) is 11.4. The summed E-state index contributed by atoms with van der Waals surface area (Å²) in [5, 5.41) is 0. The van der Waals surface area contributed by atoms with Crippen molar-refractivity contribution in [3.8, 4) is 16.9 Å². The predicted octanol–water partition coefficient (Wildman–Crippen LogP) is 4.28. The molecule has 1 saturated heterocycles. The van der Waals surface area contributed by atoms with E-state index in [2.05, 4.69) is 31.8 Å². The molecule has 3 aromatic heterocycles. The maximum Gasteiger partial charge on any atom is 0.259 e. The Hall–Kier alpha value is -3.68. The number of aromatic amines is 1. The lowest BCUT2D eigenvalue weighted by Crippen LogP contribution is -2.39. The second kappa shape index (κ2) is 9.05. The number of aryl methyl sites for hydroxylation is 2. The van der Waals surface area contributed by atoms with Crippen LogP contribution in [-0.4, -0.2) is 39.1 Å². The fourth-order valence-electron chi connectivity index (χ4n) is 4.31. The highest BCUT2D eigenvalue weighted by atomic mass is 16.5. The van der Waals surface area contributed by atoms with Gasteiger partial charge in [-0.2, -0.15) is 0 Å². The number of anilines is 1. The van der Waals surface area contributed by atoms with Crippen LogP contribution in [0.1, 0.15) is 37.6 Å². The molecule has 8 nitrogen and oxygen atoms in total. The summed E-state index contributed by atoms with van der Waals surface area (Å²) in [6.45, 7) is 5.57. The first-order chi connectivity index (χ1) is 16.1. The summed E-state index contributed by atoms with van der Waals surface area (Å²) >= 11 is 0. The molecule has 1 aliphatic heterocycles. The van der Waals surface area contributed by atoms with Gasteiger partial charge >= 0.3 is 0 Å². The molecule has 8 heteroatoms. The second-order valence-corrected chi connectivity index (χ2v) is 8.41. The zero-order valence-electron chi connectivity index (χ0n) is 18.9. The summed E-state index contributed by atoms with van der Waals surface area (Å²) in [5.41, 5.74) is 3.66. The number of benzene rings is 1. The molecular formula is C25H27N5O3. The Bertz CT molecular complexity index is 1300. The van der Waals surface area contributed by atoms with Crippen LogP contribution in [-0.2, 0) is 6.42 Å². The summed E-state index contributed by atoms with van der Waals surface area (Å²) in [7, 11) is 0. The molecule has 1 fully saturated rings. The van der Waals surface area contributed by atoms with Crippen molar-refractivity contribution in [1.82, 2.24) is 19.9 Å². The number of H-pyrrole nitrogens is 1. The number of hydrogen-bond acceptors (Lipinski definition) is 7. The van der Waals surface area contributed by atoms with Crippen molar-refractivity contribution in [3.63, 3.8) is 0 Å². The Kier molecular flexibility index (Phi) is 5.81. The van der Waals surface area contributed by atoms with Crippen molar-refractivity contribution in [2.24, 2.45) is 0 Å². The van der Waals surface area contributed by atoms with E-state index < -0.39 is 0 Å². The molecule has 1 aromatic carbocycles. The van der Waals surface area contributed by atoms with Gasteiger partial charge in [-0.1, -0.05) is 19.4 Å². The normalized spacial score (nSPS) is 14.7. The molecule has 0 radical (unpaired) electrons. The van der Waals surface area contributed by atoms with Crippen molar-refractivity contribution in [3.05, 3.63) is 64.7 Å². The van der Waals surface area contributed by atoms with Crippen LogP contribution in [0, 0.1) is 6.92 Å². The van der Waals surface area contributed by atoms with Crippen molar-refractivity contribution >= 4 is 17.0 Å². The summed E-state index contributed by atoms with van der Waals surface area (Å²) in [4.78, 5) is 31.2. The summed E-state index contributed by atoms with van der Waals surface area (Å²) in [6, 6.07) is 7.39. The van der Waals surface area contributed by atoms with Crippen LogP contribution >= 0.6 is 0 Å². The molecule has 170 valence electrons. The molecule has 0 bridgehead atoms. The maximum absolute atomic E-state index is 12.7. The zero-order chi connectivity index (χ0) is 22.8. The van der Waals surface area contributed by atoms with E-state index in [1.807, 2.05) is 36.7 Å². The second-order valence-electron chi connectivity index (χ2n) is 8.41. The van der Waals surface area contributed by atoms with E-state index in [1.54, 1.807) is 13.1 Å². The standard InChI is InChI=1S/C25H27N5O3/c1-3-4-17-14-27-25(28-15-17)30-11-8-19(9-12-30)33-22-7-10-26-24(31)23(22)18-5-6-21-20(13-18)29-16(2)32-21/h5-7,10,13-15,19H,3-4,8-9,11-12H2,1-2H3,(H,26,31). The van der Waals surface area contributed by atoms with Crippen molar-refractivity contribution < 1.29 is 9.15 Å². The first-order valence-electron chi connectivity index (χ1n) is 11.4. The van der Waals surface area contributed by atoms with Gasteiger partial charge in [0.15, 0.2) is 11.5 Å². The Morgan fingerprint density at radius 3 is 2.73 bits per heavy atom. The number of piperidine rings is 1.